The lowest BCUT2D eigenvalue weighted by Crippen LogP contribution is -2.61. The lowest BCUT2D eigenvalue weighted by Gasteiger charge is -2.50. The number of hydrogen-bond acceptors (Lipinski definition) is 5. The molecule has 1 unspecified atom stereocenters. The SMILES string of the molecule is Cc1cc(C(=O)N2CCC3(CC2)CN(c2ccccn2)CC(CC(F)(F)F)O3)ccc1C(C)(C)O. The Morgan fingerprint density at radius 2 is 1.91 bits per heavy atom. The summed E-state index contributed by atoms with van der Waals surface area (Å²) < 4.78 is 45.8. The van der Waals surface area contributed by atoms with Crippen LogP contribution in [-0.2, 0) is 10.3 Å². The molecular weight excluding hydrogens is 459 g/mol. The van der Waals surface area contributed by atoms with Crippen molar-refractivity contribution in [3.05, 3.63) is 59.3 Å². The molecule has 1 N–H and O–H groups in total. The number of anilines is 1. The van der Waals surface area contributed by atoms with Gasteiger partial charge in [-0.3, -0.25) is 4.79 Å². The number of ether oxygens (including phenoxy) is 1. The van der Waals surface area contributed by atoms with Gasteiger partial charge in [-0.1, -0.05) is 12.1 Å². The minimum atomic E-state index is -4.33. The molecule has 2 aliphatic rings. The van der Waals surface area contributed by atoms with Gasteiger partial charge >= 0.3 is 6.18 Å². The molecule has 35 heavy (non-hydrogen) atoms. The van der Waals surface area contributed by atoms with Crippen LogP contribution >= 0.6 is 0 Å². The van der Waals surface area contributed by atoms with Crippen molar-refractivity contribution in [3.8, 4) is 0 Å². The first-order valence-electron chi connectivity index (χ1n) is 11.9. The molecule has 1 aromatic heterocycles. The number of halogens is 3. The van der Waals surface area contributed by atoms with Gasteiger partial charge in [0.1, 0.15) is 5.82 Å². The van der Waals surface area contributed by atoms with Gasteiger partial charge in [-0.2, -0.15) is 13.2 Å². The molecule has 1 atom stereocenters. The van der Waals surface area contributed by atoms with Gasteiger partial charge in [-0.15, -0.1) is 0 Å². The van der Waals surface area contributed by atoms with Crippen molar-refractivity contribution in [2.75, 3.05) is 31.1 Å². The summed E-state index contributed by atoms with van der Waals surface area (Å²) in [5.74, 6) is 0.498. The number of aliphatic hydroxyl groups is 1. The highest BCUT2D eigenvalue weighted by Gasteiger charge is 2.46. The zero-order valence-corrected chi connectivity index (χ0v) is 20.3. The number of amides is 1. The molecule has 2 aliphatic heterocycles. The highest BCUT2D eigenvalue weighted by atomic mass is 19.4. The van der Waals surface area contributed by atoms with Crippen molar-refractivity contribution in [1.82, 2.24) is 9.88 Å². The number of alkyl halides is 3. The summed E-state index contributed by atoms with van der Waals surface area (Å²) >= 11 is 0. The predicted molar refractivity (Wildman–Crippen MR) is 126 cm³/mol. The summed E-state index contributed by atoms with van der Waals surface area (Å²) in [5, 5.41) is 10.3. The van der Waals surface area contributed by atoms with Crippen molar-refractivity contribution in [3.63, 3.8) is 0 Å². The molecule has 2 saturated heterocycles. The number of carbonyl (C=O) groups is 1. The maximum absolute atomic E-state index is 13.2. The average molecular weight is 492 g/mol. The normalized spacial score (nSPS) is 20.8. The van der Waals surface area contributed by atoms with Crippen LogP contribution in [0.3, 0.4) is 0 Å². The number of aryl methyl sites for hydroxylation is 1. The van der Waals surface area contributed by atoms with Crippen LogP contribution in [0.25, 0.3) is 0 Å². The van der Waals surface area contributed by atoms with Crippen LogP contribution in [0.1, 0.15) is 54.6 Å². The van der Waals surface area contributed by atoms with E-state index in [9.17, 15) is 23.1 Å². The Morgan fingerprint density at radius 3 is 2.49 bits per heavy atom. The predicted octanol–water partition coefficient (Wildman–Crippen LogP) is 4.45. The third-order valence-corrected chi connectivity index (χ3v) is 6.85. The third kappa shape index (κ3) is 5.95. The average Bonchev–Trinajstić information content (AvgIpc) is 2.77. The van der Waals surface area contributed by atoms with E-state index >= 15 is 0 Å². The van der Waals surface area contributed by atoms with Crippen molar-refractivity contribution < 1.29 is 27.8 Å². The lowest BCUT2D eigenvalue weighted by molar-refractivity contribution is -0.194. The van der Waals surface area contributed by atoms with Gasteiger partial charge in [-0.05, 0) is 69.0 Å². The van der Waals surface area contributed by atoms with Crippen LogP contribution in [0.4, 0.5) is 19.0 Å². The summed E-state index contributed by atoms with van der Waals surface area (Å²) in [6.07, 6.45) is -3.84. The standard InChI is InChI=1S/C26H32F3N3O3/c1-18-14-19(7-8-21(18)24(2,3)34)23(33)31-12-9-25(10-13-31)17-32(22-6-4-5-11-30-22)16-20(35-25)15-26(27,28)29/h4-8,11,14,20,34H,9-10,12-13,15-17H2,1-3H3. The van der Waals surface area contributed by atoms with Gasteiger partial charge in [0.05, 0.1) is 23.7 Å². The largest absolute Gasteiger partial charge is 0.391 e. The molecule has 0 bridgehead atoms. The second kappa shape index (κ2) is 9.43. The Balaban J connectivity index is 1.48. The number of morpholine rings is 1. The lowest BCUT2D eigenvalue weighted by atomic mass is 9.87. The number of pyridine rings is 1. The molecule has 0 radical (unpaired) electrons. The summed E-state index contributed by atoms with van der Waals surface area (Å²) in [7, 11) is 0. The van der Waals surface area contributed by atoms with Crippen LogP contribution in [0, 0.1) is 6.92 Å². The molecule has 1 amide bonds. The number of piperidine rings is 1. The summed E-state index contributed by atoms with van der Waals surface area (Å²) in [6.45, 7) is 6.59. The van der Waals surface area contributed by atoms with E-state index in [2.05, 4.69) is 4.98 Å². The molecule has 6 nitrogen and oxygen atoms in total. The van der Waals surface area contributed by atoms with Gasteiger partial charge in [0.25, 0.3) is 5.91 Å². The molecule has 3 heterocycles. The first-order chi connectivity index (χ1) is 16.4. The highest BCUT2D eigenvalue weighted by molar-refractivity contribution is 5.94. The molecule has 4 rings (SSSR count). The maximum Gasteiger partial charge on any atom is 0.391 e. The molecule has 2 aromatic rings. The molecule has 9 heteroatoms. The van der Waals surface area contributed by atoms with Crippen LogP contribution in [0.15, 0.2) is 42.6 Å². The van der Waals surface area contributed by atoms with E-state index in [1.807, 2.05) is 17.9 Å². The fourth-order valence-corrected chi connectivity index (χ4v) is 5.23. The Labute approximate surface area is 203 Å². The summed E-state index contributed by atoms with van der Waals surface area (Å²) in [4.78, 5) is 21.1. The Morgan fingerprint density at radius 1 is 1.20 bits per heavy atom. The van der Waals surface area contributed by atoms with Crippen LogP contribution in [-0.4, -0.2) is 65.0 Å². The quantitative estimate of drug-likeness (QED) is 0.685. The molecule has 0 aliphatic carbocycles. The van der Waals surface area contributed by atoms with E-state index in [1.54, 1.807) is 55.3 Å². The van der Waals surface area contributed by atoms with E-state index < -0.39 is 29.9 Å². The minimum Gasteiger partial charge on any atom is -0.386 e. The van der Waals surface area contributed by atoms with E-state index in [0.29, 0.717) is 43.9 Å². The topological polar surface area (TPSA) is 65.9 Å². The van der Waals surface area contributed by atoms with Crippen molar-refractivity contribution in [1.29, 1.82) is 0 Å². The highest BCUT2D eigenvalue weighted by Crippen LogP contribution is 2.37. The number of nitrogens with zero attached hydrogens (tertiary/aromatic N) is 3. The smallest absolute Gasteiger partial charge is 0.386 e. The summed E-state index contributed by atoms with van der Waals surface area (Å²) in [5.41, 5.74) is 0.332. The fraction of sp³-hybridized carbons (Fsp3) is 0.538. The van der Waals surface area contributed by atoms with Gasteiger partial charge in [0.2, 0.25) is 0 Å². The first-order valence-corrected chi connectivity index (χ1v) is 11.9. The number of carbonyl (C=O) groups excluding carboxylic acids is 1. The van der Waals surface area contributed by atoms with Crippen molar-refractivity contribution >= 4 is 11.7 Å². The molecule has 2 fully saturated rings. The molecule has 190 valence electrons. The zero-order chi connectivity index (χ0) is 25.4. The first kappa shape index (κ1) is 25.4. The minimum absolute atomic E-state index is 0.119. The van der Waals surface area contributed by atoms with Crippen LogP contribution in [0.5, 0.6) is 0 Å². The Hall–Kier alpha value is -2.65. The number of aromatic nitrogens is 1. The second-order valence-corrected chi connectivity index (χ2v) is 10.2. The fourth-order valence-electron chi connectivity index (χ4n) is 5.23. The summed E-state index contributed by atoms with van der Waals surface area (Å²) in [6, 6.07) is 10.6. The van der Waals surface area contributed by atoms with Crippen LogP contribution in [0.2, 0.25) is 0 Å². The molecule has 0 saturated carbocycles. The van der Waals surface area contributed by atoms with Gasteiger partial charge in [-0.25, -0.2) is 4.98 Å². The van der Waals surface area contributed by atoms with Gasteiger partial charge < -0.3 is 19.6 Å². The number of likely N-dealkylation sites (tertiary alicyclic amines) is 1. The number of rotatable bonds is 4. The third-order valence-electron chi connectivity index (χ3n) is 6.85. The van der Waals surface area contributed by atoms with E-state index in [1.165, 1.54) is 0 Å². The molecular formula is C26H32F3N3O3. The number of benzene rings is 1. The van der Waals surface area contributed by atoms with Crippen LogP contribution < -0.4 is 4.90 Å². The molecule has 1 aromatic carbocycles. The maximum atomic E-state index is 13.2. The Bertz CT molecular complexity index is 1050. The van der Waals surface area contributed by atoms with Gasteiger partial charge in [0.15, 0.2) is 0 Å². The monoisotopic (exact) mass is 491 g/mol. The molecule has 1 spiro atoms. The zero-order valence-electron chi connectivity index (χ0n) is 20.3. The number of hydrogen-bond donors (Lipinski definition) is 1. The van der Waals surface area contributed by atoms with E-state index in [0.717, 1.165) is 11.1 Å². The van der Waals surface area contributed by atoms with E-state index in [-0.39, 0.29) is 12.5 Å². The van der Waals surface area contributed by atoms with E-state index in [4.69, 9.17) is 4.74 Å². The Kier molecular flexibility index (Phi) is 6.85. The van der Waals surface area contributed by atoms with Crippen molar-refractivity contribution in [2.45, 2.75) is 63.5 Å². The van der Waals surface area contributed by atoms with Crippen molar-refractivity contribution in [2.24, 2.45) is 0 Å². The second-order valence-electron chi connectivity index (χ2n) is 10.2. The van der Waals surface area contributed by atoms with Gasteiger partial charge in [0, 0.05) is 37.9 Å².